The van der Waals surface area contributed by atoms with Gasteiger partial charge in [-0.05, 0) is 31.4 Å². The Labute approximate surface area is 122 Å². The first-order valence-electron chi connectivity index (χ1n) is 7.84. The highest BCUT2D eigenvalue weighted by atomic mass is 16.5. The minimum atomic E-state index is -0.380. The highest BCUT2D eigenvalue weighted by Gasteiger charge is 2.30. The molecule has 1 aliphatic rings. The summed E-state index contributed by atoms with van der Waals surface area (Å²) in [5.74, 6) is 0. The summed E-state index contributed by atoms with van der Waals surface area (Å²) >= 11 is 0. The van der Waals surface area contributed by atoms with E-state index in [9.17, 15) is 5.11 Å². The summed E-state index contributed by atoms with van der Waals surface area (Å²) < 4.78 is 5.98. The van der Waals surface area contributed by atoms with E-state index in [1.54, 1.807) is 0 Å². The first-order valence-corrected chi connectivity index (χ1v) is 7.84. The zero-order chi connectivity index (χ0) is 14.3. The molecule has 1 unspecified atom stereocenters. The highest BCUT2D eigenvalue weighted by Crippen LogP contribution is 2.27. The van der Waals surface area contributed by atoms with Gasteiger partial charge in [-0.2, -0.15) is 0 Å². The molecule has 2 N–H and O–H groups in total. The predicted molar refractivity (Wildman–Crippen MR) is 81.7 cm³/mol. The van der Waals surface area contributed by atoms with Gasteiger partial charge in [0.2, 0.25) is 0 Å². The molecule has 2 rings (SSSR count). The minimum Gasteiger partial charge on any atom is -0.394 e. The maximum Gasteiger partial charge on any atom is 0.0691 e. The average molecular weight is 277 g/mol. The lowest BCUT2D eigenvalue weighted by Crippen LogP contribution is -2.46. The van der Waals surface area contributed by atoms with Crippen molar-refractivity contribution in [3.63, 3.8) is 0 Å². The predicted octanol–water partition coefficient (Wildman–Crippen LogP) is 2.83. The molecule has 0 bridgehead atoms. The van der Waals surface area contributed by atoms with Crippen LogP contribution in [0, 0.1) is 0 Å². The number of ether oxygens (including phenoxy) is 1. The Bertz CT molecular complexity index is 376. The van der Waals surface area contributed by atoms with Crippen molar-refractivity contribution in [1.82, 2.24) is 5.32 Å². The van der Waals surface area contributed by atoms with Crippen LogP contribution in [-0.2, 0) is 10.3 Å². The molecule has 0 radical (unpaired) electrons. The van der Waals surface area contributed by atoms with Crippen LogP contribution in [-0.4, -0.2) is 31.0 Å². The fourth-order valence-corrected chi connectivity index (χ4v) is 3.11. The summed E-state index contributed by atoms with van der Waals surface area (Å²) in [6, 6.07) is 10.2. The molecule has 1 fully saturated rings. The van der Waals surface area contributed by atoms with Gasteiger partial charge < -0.3 is 15.2 Å². The van der Waals surface area contributed by atoms with Crippen LogP contribution in [0.1, 0.15) is 44.6 Å². The first kappa shape index (κ1) is 15.5. The lowest BCUT2D eigenvalue weighted by atomic mass is 9.87. The van der Waals surface area contributed by atoms with Crippen LogP contribution in [0.3, 0.4) is 0 Å². The molecule has 1 aromatic rings. The van der Waals surface area contributed by atoms with E-state index in [1.165, 1.54) is 25.7 Å². The lowest BCUT2D eigenvalue weighted by Gasteiger charge is -2.34. The molecule has 1 aromatic carbocycles. The molecule has 3 nitrogen and oxygen atoms in total. The van der Waals surface area contributed by atoms with Gasteiger partial charge >= 0.3 is 0 Å². The third kappa shape index (κ3) is 3.81. The van der Waals surface area contributed by atoms with Gasteiger partial charge in [0.15, 0.2) is 0 Å². The van der Waals surface area contributed by atoms with Gasteiger partial charge in [-0.25, -0.2) is 0 Å². The summed E-state index contributed by atoms with van der Waals surface area (Å²) in [6.45, 7) is 3.70. The van der Waals surface area contributed by atoms with E-state index in [0.29, 0.717) is 12.7 Å². The molecule has 3 heteroatoms. The van der Waals surface area contributed by atoms with Gasteiger partial charge in [0.05, 0.1) is 18.2 Å². The molecule has 0 spiro atoms. The number of benzene rings is 1. The number of aliphatic hydroxyl groups is 1. The molecule has 112 valence electrons. The van der Waals surface area contributed by atoms with Crippen LogP contribution in [0.25, 0.3) is 0 Å². The standard InChI is InChI=1S/C17H27NO2/c1-2-18-17(14-19,15-8-4-3-5-9-15)12-13-20-16-10-6-7-11-16/h3-5,8-9,16,18-19H,2,6-7,10-14H2,1H3. The molecule has 0 heterocycles. The second-order valence-electron chi connectivity index (χ2n) is 5.66. The van der Waals surface area contributed by atoms with Crippen LogP contribution < -0.4 is 5.32 Å². The molecule has 0 aliphatic heterocycles. The Balaban J connectivity index is 1.98. The highest BCUT2D eigenvalue weighted by molar-refractivity contribution is 5.24. The van der Waals surface area contributed by atoms with Crippen molar-refractivity contribution in [1.29, 1.82) is 0 Å². The molecule has 1 atom stereocenters. The molecule has 20 heavy (non-hydrogen) atoms. The maximum atomic E-state index is 9.93. The fraction of sp³-hybridized carbons (Fsp3) is 0.647. The summed E-state index contributed by atoms with van der Waals surface area (Å²) in [7, 11) is 0. The third-order valence-corrected chi connectivity index (χ3v) is 4.30. The molecular weight excluding hydrogens is 250 g/mol. The van der Waals surface area contributed by atoms with E-state index in [1.807, 2.05) is 18.2 Å². The Morgan fingerprint density at radius 2 is 1.95 bits per heavy atom. The first-order chi connectivity index (χ1) is 9.80. The minimum absolute atomic E-state index is 0.0961. The molecule has 0 amide bonds. The Hall–Kier alpha value is -0.900. The van der Waals surface area contributed by atoms with E-state index in [-0.39, 0.29) is 12.1 Å². The smallest absolute Gasteiger partial charge is 0.0691 e. The second-order valence-corrected chi connectivity index (χ2v) is 5.66. The third-order valence-electron chi connectivity index (χ3n) is 4.30. The largest absolute Gasteiger partial charge is 0.394 e. The Morgan fingerprint density at radius 1 is 1.25 bits per heavy atom. The summed E-state index contributed by atoms with van der Waals surface area (Å²) in [6.07, 6.45) is 6.21. The number of rotatable bonds is 8. The van der Waals surface area contributed by atoms with Crippen molar-refractivity contribution in [2.75, 3.05) is 19.8 Å². The van der Waals surface area contributed by atoms with Crippen LogP contribution in [0.15, 0.2) is 30.3 Å². The van der Waals surface area contributed by atoms with Gasteiger partial charge in [0.1, 0.15) is 0 Å². The van der Waals surface area contributed by atoms with Crippen molar-refractivity contribution in [2.24, 2.45) is 0 Å². The zero-order valence-electron chi connectivity index (χ0n) is 12.5. The number of aliphatic hydroxyl groups excluding tert-OH is 1. The van der Waals surface area contributed by atoms with Gasteiger partial charge in [0, 0.05) is 6.61 Å². The lowest BCUT2D eigenvalue weighted by molar-refractivity contribution is 0.0308. The SMILES string of the molecule is CCNC(CO)(CCOC1CCCC1)c1ccccc1. The van der Waals surface area contributed by atoms with Crippen molar-refractivity contribution < 1.29 is 9.84 Å². The van der Waals surface area contributed by atoms with Crippen molar-refractivity contribution in [3.05, 3.63) is 35.9 Å². The summed E-state index contributed by atoms with van der Waals surface area (Å²) in [5.41, 5.74) is 0.758. The van der Waals surface area contributed by atoms with Crippen molar-refractivity contribution >= 4 is 0 Å². The maximum absolute atomic E-state index is 9.93. The van der Waals surface area contributed by atoms with E-state index < -0.39 is 0 Å². The van der Waals surface area contributed by atoms with Gasteiger partial charge in [-0.15, -0.1) is 0 Å². The molecule has 0 aromatic heterocycles. The Kier molecular flexibility index (Phi) is 6.02. The molecular formula is C17H27NO2. The average Bonchev–Trinajstić information content (AvgIpc) is 3.00. The van der Waals surface area contributed by atoms with Crippen LogP contribution >= 0.6 is 0 Å². The van der Waals surface area contributed by atoms with Gasteiger partial charge in [-0.1, -0.05) is 50.1 Å². The summed E-state index contributed by atoms with van der Waals surface area (Å²) in [5, 5.41) is 13.4. The quantitative estimate of drug-likeness (QED) is 0.768. The topological polar surface area (TPSA) is 41.5 Å². The number of nitrogens with one attached hydrogen (secondary N) is 1. The second kappa shape index (κ2) is 7.77. The van der Waals surface area contributed by atoms with Gasteiger partial charge in [0.25, 0.3) is 0 Å². The number of hydrogen-bond donors (Lipinski definition) is 2. The van der Waals surface area contributed by atoms with Crippen LogP contribution in [0.5, 0.6) is 0 Å². The fourth-order valence-electron chi connectivity index (χ4n) is 3.11. The molecule has 1 saturated carbocycles. The number of likely N-dealkylation sites (N-methyl/N-ethyl adjacent to an activating group) is 1. The number of hydrogen-bond acceptors (Lipinski definition) is 3. The monoisotopic (exact) mass is 277 g/mol. The summed E-state index contributed by atoms with van der Waals surface area (Å²) in [4.78, 5) is 0. The van der Waals surface area contributed by atoms with E-state index in [4.69, 9.17) is 4.74 Å². The normalized spacial score (nSPS) is 19.1. The Morgan fingerprint density at radius 3 is 2.55 bits per heavy atom. The zero-order valence-corrected chi connectivity index (χ0v) is 12.5. The van der Waals surface area contributed by atoms with Crippen LogP contribution in [0.4, 0.5) is 0 Å². The van der Waals surface area contributed by atoms with E-state index >= 15 is 0 Å². The van der Waals surface area contributed by atoms with Crippen molar-refractivity contribution in [2.45, 2.75) is 50.7 Å². The van der Waals surface area contributed by atoms with Crippen molar-refractivity contribution in [3.8, 4) is 0 Å². The van der Waals surface area contributed by atoms with Gasteiger partial charge in [-0.3, -0.25) is 0 Å². The van der Waals surface area contributed by atoms with Crippen LogP contribution in [0.2, 0.25) is 0 Å². The molecule has 0 saturated heterocycles. The molecule has 1 aliphatic carbocycles. The van der Waals surface area contributed by atoms with E-state index in [0.717, 1.165) is 18.5 Å². The van der Waals surface area contributed by atoms with E-state index in [2.05, 4.69) is 24.4 Å².